The van der Waals surface area contributed by atoms with Gasteiger partial charge in [-0.3, -0.25) is 9.59 Å². The molecular weight excluding hydrogens is 282 g/mol. The van der Waals surface area contributed by atoms with Gasteiger partial charge in [-0.25, -0.2) is 0 Å². The van der Waals surface area contributed by atoms with E-state index in [2.05, 4.69) is 0 Å². The molecule has 124 valence electrons. The quantitative estimate of drug-likeness (QED) is 0.619. The summed E-state index contributed by atoms with van der Waals surface area (Å²) in [5.41, 5.74) is 16.1. The zero-order valence-electron chi connectivity index (χ0n) is 12.9. The third-order valence-electron chi connectivity index (χ3n) is 3.16. The van der Waals surface area contributed by atoms with Crippen molar-refractivity contribution in [1.29, 1.82) is 0 Å². The molecule has 1 aromatic carbocycles. The Kier molecular flexibility index (Phi) is 11.9. The molecule has 6 heteroatoms. The summed E-state index contributed by atoms with van der Waals surface area (Å²) in [7, 11) is 0. The van der Waals surface area contributed by atoms with Crippen molar-refractivity contribution in [1.82, 2.24) is 0 Å². The fourth-order valence-electron chi connectivity index (χ4n) is 1.77. The van der Waals surface area contributed by atoms with E-state index in [1.54, 1.807) is 12.1 Å². The van der Waals surface area contributed by atoms with Crippen molar-refractivity contribution >= 4 is 12.3 Å². The molecule has 0 saturated heterocycles. The molecule has 0 radical (unpaired) electrons. The van der Waals surface area contributed by atoms with Crippen LogP contribution in [0.2, 0.25) is 0 Å². The first-order valence-corrected chi connectivity index (χ1v) is 7.45. The lowest BCUT2D eigenvalue weighted by Gasteiger charge is -2.15. The first-order chi connectivity index (χ1) is 10.5. The Bertz CT molecular complexity index is 406. The number of carbonyl (C=O) groups excluding carboxylic acids is 1. The van der Waals surface area contributed by atoms with Gasteiger partial charge in [0.15, 0.2) is 0 Å². The lowest BCUT2D eigenvalue weighted by Crippen LogP contribution is -2.37. The van der Waals surface area contributed by atoms with E-state index in [9.17, 15) is 9.59 Å². The van der Waals surface area contributed by atoms with Crippen molar-refractivity contribution in [3.8, 4) is 0 Å². The summed E-state index contributed by atoms with van der Waals surface area (Å²) in [6, 6.07) is 8.73. The second kappa shape index (κ2) is 12.9. The van der Waals surface area contributed by atoms with Crippen LogP contribution in [-0.4, -0.2) is 36.0 Å². The van der Waals surface area contributed by atoms with Crippen LogP contribution < -0.4 is 17.2 Å². The summed E-state index contributed by atoms with van der Waals surface area (Å²) in [4.78, 5) is 19.7. The van der Waals surface area contributed by atoms with E-state index in [1.165, 1.54) is 32.1 Å². The third-order valence-corrected chi connectivity index (χ3v) is 3.16. The van der Waals surface area contributed by atoms with Crippen LogP contribution in [0.5, 0.6) is 0 Å². The number of carboxylic acid groups (broad SMARTS) is 1. The average molecular weight is 309 g/mol. The highest BCUT2D eigenvalue weighted by molar-refractivity contribution is 5.74. The van der Waals surface area contributed by atoms with Crippen LogP contribution in [0.15, 0.2) is 30.3 Å². The number of nitrogens with two attached hydrogens (primary N) is 3. The summed E-state index contributed by atoms with van der Waals surface area (Å²) >= 11 is 0. The molecule has 0 aromatic heterocycles. The number of benzene rings is 1. The van der Waals surface area contributed by atoms with Crippen molar-refractivity contribution in [3.63, 3.8) is 0 Å². The maximum Gasteiger partial charge on any atom is 0.321 e. The van der Waals surface area contributed by atoms with Crippen LogP contribution >= 0.6 is 0 Å². The molecule has 0 bridgehead atoms. The molecule has 1 fully saturated rings. The fraction of sp³-hybridized carbons (Fsp3) is 0.500. The summed E-state index contributed by atoms with van der Waals surface area (Å²) in [6.07, 6.45) is 7.50. The van der Waals surface area contributed by atoms with Crippen molar-refractivity contribution < 1.29 is 14.7 Å². The molecule has 1 saturated carbocycles. The van der Waals surface area contributed by atoms with Crippen molar-refractivity contribution in [2.75, 3.05) is 6.54 Å². The third kappa shape index (κ3) is 11.0. The number of hydrogen-bond donors (Lipinski definition) is 4. The van der Waals surface area contributed by atoms with E-state index in [0.29, 0.717) is 6.04 Å². The SMILES string of the molecule is NC1CCCCC1.NC[C@H](N)C(=O)O.O=Cc1ccccc1. The average Bonchev–Trinajstić information content (AvgIpc) is 2.56. The maximum absolute atomic E-state index is 10.0. The highest BCUT2D eigenvalue weighted by atomic mass is 16.4. The van der Waals surface area contributed by atoms with Crippen molar-refractivity contribution in [2.45, 2.75) is 44.2 Å². The summed E-state index contributed by atoms with van der Waals surface area (Å²) in [5.74, 6) is -1.05. The van der Waals surface area contributed by atoms with Gasteiger partial charge in [0.05, 0.1) is 0 Å². The first kappa shape index (κ1) is 20.2. The number of carbonyl (C=O) groups is 2. The zero-order valence-corrected chi connectivity index (χ0v) is 12.9. The molecule has 1 aliphatic carbocycles. The van der Waals surface area contributed by atoms with E-state index < -0.39 is 12.0 Å². The topological polar surface area (TPSA) is 132 Å². The number of aldehydes is 1. The summed E-state index contributed by atoms with van der Waals surface area (Å²) in [5, 5.41) is 7.98. The Morgan fingerprint density at radius 3 is 2.00 bits per heavy atom. The molecule has 0 aliphatic heterocycles. The van der Waals surface area contributed by atoms with Gasteiger partial charge in [-0.2, -0.15) is 0 Å². The Morgan fingerprint density at radius 1 is 1.23 bits per heavy atom. The van der Waals surface area contributed by atoms with E-state index in [1.807, 2.05) is 18.2 Å². The Morgan fingerprint density at radius 2 is 1.77 bits per heavy atom. The molecule has 0 heterocycles. The van der Waals surface area contributed by atoms with E-state index >= 15 is 0 Å². The second-order valence-electron chi connectivity index (χ2n) is 5.11. The van der Waals surface area contributed by atoms with Crippen LogP contribution in [-0.2, 0) is 4.79 Å². The monoisotopic (exact) mass is 309 g/mol. The van der Waals surface area contributed by atoms with Crippen molar-refractivity contribution in [2.24, 2.45) is 17.2 Å². The molecule has 22 heavy (non-hydrogen) atoms. The normalized spacial score (nSPS) is 15.4. The van der Waals surface area contributed by atoms with Gasteiger partial charge in [-0.15, -0.1) is 0 Å². The lowest BCUT2D eigenvalue weighted by molar-refractivity contribution is -0.138. The van der Waals surface area contributed by atoms with Gasteiger partial charge in [0, 0.05) is 18.2 Å². The van der Waals surface area contributed by atoms with Gasteiger partial charge in [0.1, 0.15) is 12.3 Å². The lowest BCUT2D eigenvalue weighted by atomic mass is 9.97. The van der Waals surface area contributed by atoms with Gasteiger partial charge < -0.3 is 22.3 Å². The molecule has 2 rings (SSSR count). The molecule has 7 N–H and O–H groups in total. The van der Waals surface area contributed by atoms with Gasteiger partial charge in [-0.1, -0.05) is 49.6 Å². The summed E-state index contributed by atoms with van der Waals surface area (Å²) < 4.78 is 0. The molecule has 0 amide bonds. The minimum atomic E-state index is -1.05. The highest BCUT2D eigenvalue weighted by Crippen LogP contribution is 2.14. The number of rotatable bonds is 3. The highest BCUT2D eigenvalue weighted by Gasteiger charge is 2.06. The molecule has 0 unspecified atom stereocenters. The molecule has 6 nitrogen and oxygen atoms in total. The van der Waals surface area contributed by atoms with Crippen molar-refractivity contribution in [3.05, 3.63) is 35.9 Å². The number of hydrogen-bond acceptors (Lipinski definition) is 5. The largest absolute Gasteiger partial charge is 0.480 e. The minimum absolute atomic E-state index is 0.00463. The van der Waals surface area contributed by atoms with E-state index in [-0.39, 0.29) is 6.54 Å². The molecular formula is C16H27N3O3. The Balaban J connectivity index is 0.000000302. The standard InChI is InChI=1S/C7H6O.C6H13N.C3H8N2O2/c8-6-7-4-2-1-3-5-7;7-6-4-2-1-3-5-6;4-1-2(5)3(6)7/h1-6H;6H,1-5,7H2;2H,1,4-5H2,(H,6,7)/t;;2-/m..0/s1. The van der Waals surface area contributed by atoms with Gasteiger partial charge in [0.2, 0.25) is 0 Å². The second-order valence-corrected chi connectivity index (χ2v) is 5.11. The van der Waals surface area contributed by atoms with Crippen LogP contribution in [0.1, 0.15) is 42.5 Å². The predicted octanol–water partition coefficient (Wildman–Crippen LogP) is 1.13. The first-order valence-electron chi connectivity index (χ1n) is 7.45. The zero-order chi connectivity index (χ0) is 16.8. The number of carboxylic acids is 1. The minimum Gasteiger partial charge on any atom is -0.480 e. The fourth-order valence-corrected chi connectivity index (χ4v) is 1.77. The molecule has 1 aromatic rings. The Hall–Kier alpha value is -1.76. The summed E-state index contributed by atoms with van der Waals surface area (Å²) in [6.45, 7) is -0.00463. The smallest absolute Gasteiger partial charge is 0.321 e. The Labute approximate surface area is 131 Å². The number of aliphatic carboxylic acids is 1. The van der Waals surface area contributed by atoms with Gasteiger partial charge in [-0.05, 0) is 12.8 Å². The predicted molar refractivity (Wildman–Crippen MR) is 87.6 cm³/mol. The van der Waals surface area contributed by atoms with Gasteiger partial charge >= 0.3 is 5.97 Å². The van der Waals surface area contributed by atoms with E-state index in [4.69, 9.17) is 22.3 Å². The maximum atomic E-state index is 10.0. The van der Waals surface area contributed by atoms with Crippen LogP contribution in [0.25, 0.3) is 0 Å². The molecule has 0 spiro atoms. The van der Waals surface area contributed by atoms with Crippen LogP contribution in [0.3, 0.4) is 0 Å². The van der Waals surface area contributed by atoms with E-state index in [0.717, 1.165) is 11.8 Å². The van der Waals surface area contributed by atoms with Crippen LogP contribution in [0, 0.1) is 0 Å². The molecule has 1 atom stereocenters. The van der Waals surface area contributed by atoms with Crippen LogP contribution in [0.4, 0.5) is 0 Å². The molecule has 1 aliphatic rings. The van der Waals surface area contributed by atoms with Gasteiger partial charge in [0.25, 0.3) is 0 Å².